The van der Waals surface area contributed by atoms with Gasteiger partial charge in [-0.25, -0.2) is 4.79 Å². The highest BCUT2D eigenvalue weighted by Crippen LogP contribution is 2.23. The van der Waals surface area contributed by atoms with E-state index in [1.165, 1.54) is 25.5 Å². The van der Waals surface area contributed by atoms with E-state index in [-0.39, 0.29) is 4.91 Å². The number of ether oxygens (including phenoxy) is 1. The van der Waals surface area contributed by atoms with Crippen molar-refractivity contribution in [1.29, 1.82) is 0 Å². The van der Waals surface area contributed by atoms with Crippen molar-refractivity contribution < 1.29 is 14.3 Å². The molecule has 1 aromatic rings. The minimum atomic E-state index is -0.584. The first-order valence-corrected chi connectivity index (χ1v) is 10.1. The Morgan fingerprint density at radius 3 is 2.68 bits per heavy atom. The van der Waals surface area contributed by atoms with E-state index < -0.39 is 11.9 Å². The number of rotatable bonds is 9. The molecule has 1 heterocycles. The number of esters is 1. The monoisotopic (exact) mass is 402 g/mol. The van der Waals surface area contributed by atoms with Gasteiger partial charge in [-0.15, -0.1) is 5.10 Å². The summed E-state index contributed by atoms with van der Waals surface area (Å²) in [6, 6.07) is 8.17. The zero-order chi connectivity index (χ0) is 20.4. The maximum Gasteiger partial charge on any atom is 0.331 e. The van der Waals surface area contributed by atoms with Gasteiger partial charge in [0.05, 0.1) is 18.2 Å². The summed E-state index contributed by atoms with van der Waals surface area (Å²) in [5.74, 6) is -0.976. The molecule has 150 valence electrons. The third kappa shape index (κ3) is 6.94. The summed E-state index contributed by atoms with van der Waals surface area (Å²) >= 11 is 1.05. The molecule has 1 aromatic carbocycles. The number of hydrogen-bond acceptors (Lipinski definition) is 7. The van der Waals surface area contributed by atoms with Crippen molar-refractivity contribution in [2.24, 2.45) is 10.2 Å². The molecule has 2 rings (SSSR count). The van der Waals surface area contributed by atoms with Crippen LogP contribution in [0.5, 0.6) is 0 Å². The van der Waals surface area contributed by atoms with Crippen LogP contribution in [0.15, 0.2) is 45.4 Å². The average Bonchev–Trinajstić information content (AvgIpc) is 3.05. The number of carbonyl (C=O) groups excluding carboxylic acids is 2. The Morgan fingerprint density at radius 2 is 2.04 bits per heavy atom. The molecule has 0 saturated carbocycles. The summed E-state index contributed by atoms with van der Waals surface area (Å²) in [5, 5.41) is 10.9. The zero-order valence-electron chi connectivity index (χ0n) is 16.5. The molecule has 0 atom stereocenters. The van der Waals surface area contributed by atoms with Crippen LogP contribution < -0.4 is 5.32 Å². The average molecular weight is 403 g/mol. The normalized spacial score (nSPS) is 17.1. The second-order valence-electron chi connectivity index (χ2n) is 6.20. The van der Waals surface area contributed by atoms with Gasteiger partial charge in [0.2, 0.25) is 0 Å². The largest absolute Gasteiger partial charge is 0.466 e. The molecule has 1 N–H and O–H groups in total. The van der Waals surface area contributed by atoms with Crippen LogP contribution in [-0.2, 0) is 20.9 Å². The third-order valence-corrected chi connectivity index (χ3v) is 5.02. The topological polar surface area (TPSA) is 83.4 Å². The maximum atomic E-state index is 11.7. The number of amidine groups is 1. The molecule has 8 heteroatoms. The molecule has 0 bridgehead atoms. The summed E-state index contributed by atoms with van der Waals surface area (Å²) in [7, 11) is 1.26. The Kier molecular flexibility index (Phi) is 8.90. The van der Waals surface area contributed by atoms with Crippen molar-refractivity contribution in [2.75, 3.05) is 20.2 Å². The number of amides is 1. The lowest BCUT2D eigenvalue weighted by molar-refractivity contribution is -0.135. The van der Waals surface area contributed by atoms with Crippen molar-refractivity contribution in [3.8, 4) is 0 Å². The smallest absolute Gasteiger partial charge is 0.331 e. The number of benzene rings is 1. The van der Waals surface area contributed by atoms with Crippen molar-refractivity contribution >= 4 is 35.0 Å². The molecule has 1 amide bonds. The van der Waals surface area contributed by atoms with E-state index in [0.29, 0.717) is 5.17 Å². The standard InChI is InChI=1S/C20H26N4O3S/c1-4-6-11-24(5-2)14-16-9-7-15(8-10-16)13-21-23-20-22-19(26)17(28-20)12-18(25)27-3/h7-10,12-13H,4-6,11,14H2,1-3H3,(H,22,23,26)/b17-12+,21-13?. The zero-order valence-corrected chi connectivity index (χ0v) is 17.3. The minimum Gasteiger partial charge on any atom is -0.466 e. The van der Waals surface area contributed by atoms with Crippen LogP contribution in [0.3, 0.4) is 0 Å². The Morgan fingerprint density at radius 1 is 1.29 bits per heavy atom. The van der Waals surface area contributed by atoms with Gasteiger partial charge in [0, 0.05) is 12.6 Å². The molecule has 0 aromatic heterocycles. The molecule has 1 aliphatic rings. The molecule has 1 aliphatic heterocycles. The van der Waals surface area contributed by atoms with Gasteiger partial charge in [-0.05, 0) is 42.4 Å². The number of methoxy groups -OCH3 is 1. The molecule has 0 aliphatic carbocycles. The number of carbonyl (C=O) groups is 2. The molecule has 0 radical (unpaired) electrons. The predicted molar refractivity (Wildman–Crippen MR) is 113 cm³/mol. The molecule has 7 nitrogen and oxygen atoms in total. The molecular weight excluding hydrogens is 376 g/mol. The lowest BCUT2D eigenvalue weighted by Gasteiger charge is -2.20. The fraction of sp³-hybridized carbons (Fsp3) is 0.400. The summed E-state index contributed by atoms with van der Waals surface area (Å²) in [6.45, 7) is 7.48. The van der Waals surface area contributed by atoms with Crippen LogP contribution in [0.2, 0.25) is 0 Å². The van der Waals surface area contributed by atoms with E-state index in [9.17, 15) is 9.59 Å². The van der Waals surface area contributed by atoms with E-state index >= 15 is 0 Å². The highest BCUT2D eigenvalue weighted by atomic mass is 32.2. The first-order valence-electron chi connectivity index (χ1n) is 9.26. The van der Waals surface area contributed by atoms with E-state index in [0.717, 1.165) is 43.0 Å². The summed E-state index contributed by atoms with van der Waals surface area (Å²) in [5.41, 5.74) is 2.18. The van der Waals surface area contributed by atoms with Crippen LogP contribution in [0.1, 0.15) is 37.8 Å². The maximum absolute atomic E-state index is 11.7. The lowest BCUT2D eigenvalue weighted by atomic mass is 10.1. The first-order chi connectivity index (χ1) is 13.5. The Labute approximate surface area is 169 Å². The van der Waals surface area contributed by atoms with Crippen LogP contribution >= 0.6 is 11.8 Å². The van der Waals surface area contributed by atoms with Crippen molar-refractivity contribution in [3.63, 3.8) is 0 Å². The second-order valence-corrected chi connectivity index (χ2v) is 7.23. The van der Waals surface area contributed by atoms with E-state index in [1.54, 1.807) is 6.21 Å². The number of thioether (sulfide) groups is 1. The number of hydrogen-bond donors (Lipinski definition) is 1. The van der Waals surface area contributed by atoms with E-state index in [1.807, 2.05) is 12.1 Å². The van der Waals surface area contributed by atoms with Gasteiger partial charge >= 0.3 is 5.97 Å². The fourth-order valence-electron chi connectivity index (χ4n) is 2.49. The quantitative estimate of drug-likeness (QED) is 0.297. The summed E-state index contributed by atoms with van der Waals surface area (Å²) in [4.78, 5) is 25.6. The van der Waals surface area contributed by atoms with Crippen molar-refractivity contribution in [3.05, 3.63) is 46.4 Å². The Bertz CT molecular complexity index is 772. The van der Waals surface area contributed by atoms with Gasteiger partial charge in [0.1, 0.15) is 0 Å². The fourth-order valence-corrected chi connectivity index (χ4v) is 3.23. The number of nitrogens with zero attached hydrogens (tertiary/aromatic N) is 3. The predicted octanol–water partition coefficient (Wildman–Crippen LogP) is 2.92. The third-order valence-electron chi connectivity index (χ3n) is 4.12. The van der Waals surface area contributed by atoms with Gasteiger partial charge in [-0.1, -0.05) is 44.5 Å². The highest BCUT2D eigenvalue weighted by Gasteiger charge is 2.24. The van der Waals surface area contributed by atoms with Gasteiger partial charge < -0.3 is 4.74 Å². The van der Waals surface area contributed by atoms with Gasteiger partial charge in [-0.3, -0.25) is 15.0 Å². The van der Waals surface area contributed by atoms with E-state index in [4.69, 9.17) is 0 Å². The van der Waals surface area contributed by atoms with E-state index in [2.05, 4.69) is 51.1 Å². The summed E-state index contributed by atoms with van der Waals surface area (Å²) in [6.07, 6.45) is 5.17. The Hall–Kier alpha value is -2.45. The molecule has 1 saturated heterocycles. The van der Waals surface area contributed by atoms with Crippen molar-refractivity contribution in [2.45, 2.75) is 33.2 Å². The van der Waals surface area contributed by atoms with Gasteiger partial charge in [0.25, 0.3) is 5.91 Å². The lowest BCUT2D eigenvalue weighted by Crippen LogP contribution is -2.23. The van der Waals surface area contributed by atoms with Gasteiger partial charge in [-0.2, -0.15) is 5.10 Å². The van der Waals surface area contributed by atoms with Crippen LogP contribution in [-0.4, -0.2) is 48.4 Å². The van der Waals surface area contributed by atoms with Crippen molar-refractivity contribution in [1.82, 2.24) is 10.2 Å². The molecular formula is C20H26N4O3S. The summed E-state index contributed by atoms with van der Waals surface area (Å²) < 4.78 is 4.51. The van der Waals surface area contributed by atoms with Crippen LogP contribution in [0, 0.1) is 0 Å². The first kappa shape index (κ1) is 21.8. The number of unbranched alkanes of at least 4 members (excludes halogenated alkanes) is 1. The highest BCUT2D eigenvalue weighted by molar-refractivity contribution is 8.18. The molecule has 0 spiro atoms. The number of nitrogens with one attached hydrogen (secondary N) is 1. The molecule has 28 heavy (non-hydrogen) atoms. The van der Waals surface area contributed by atoms with Crippen LogP contribution in [0.25, 0.3) is 0 Å². The Balaban J connectivity index is 1.92. The van der Waals surface area contributed by atoms with Crippen LogP contribution in [0.4, 0.5) is 0 Å². The minimum absolute atomic E-state index is 0.230. The van der Waals surface area contributed by atoms with Gasteiger partial charge in [0.15, 0.2) is 5.17 Å². The molecule has 0 unspecified atom stereocenters. The SMILES string of the molecule is CCCCN(CC)Cc1ccc(C=N/N=C2/NC(=O)/C(=C\C(=O)OC)S2)cc1. The molecule has 1 fully saturated rings. The second kappa shape index (κ2) is 11.4.